The van der Waals surface area contributed by atoms with Crippen molar-refractivity contribution in [3.05, 3.63) is 35.9 Å². The third-order valence-corrected chi connectivity index (χ3v) is 5.71. The fraction of sp³-hybridized carbons (Fsp3) is 0.583. The summed E-state index contributed by atoms with van der Waals surface area (Å²) in [6.07, 6.45) is 3.00. The summed E-state index contributed by atoms with van der Waals surface area (Å²) in [5.41, 5.74) is 0.919. The second-order valence-electron chi connectivity index (χ2n) is 8.49. The number of nitrogens with one attached hydrogen (secondary N) is 4. The summed E-state index contributed by atoms with van der Waals surface area (Å²) in [5.74, 6) is -0.921. The van der Waals surface area contributed by atoms with Gasteiger partial charge in [0.1, 0.15) is 12.1 Å². The summed E-state index contributed by atoms with van der Waals surface area (Å²) in [6, 6.07) is 7.89. The van der Waals surface area contributed by atoms with Crippen molar-refractivity contribution in [2.24, 2.45) is 5.92 Å². The highest BCUT2D eigenvalue weighted by Crippen LogP contribution is 2.12. The predicted molar refractivity (Wildman–Crippen MR) is 133 cm³/mol. The van der Waals surface area contributed by atoms with Crippen LogP contribution in [0.15, 0.2) is 30.3 Å². The molecule has 184 valence electrons. The number of thiol groups is 1. The molecule has 1 rings (SSSR count). The molecule has 2 unspecified atom stereocenters. The lowest BCUT2D eigenvalue weighted by molar-refractivity contribution is -0.132. The van der Waals surface area contributed by atoms with Crippen molar-refractivity contribution >= 4 is 36.3 Å². The number of carbonyl (C=O) groups excluding carboxylic acids is 4. The standard InChI is InChI=1S/C24H38N4O4S/c1-16(2)14-18(28-24(32)20(33)12-8-9-13-21(29)25-3)23(31)27-19(22(30)26-4)15-17-10-6-5-7-11-17/h5-7,10-11,16,18-20,33H,8-9,12-15H2,1-4H3,(H,25,29)(H,26,30)(H,27,31)(H,28,32)/t18?,19-,20?/m0/s1. The van der Waals surface area contributed by atoms with Crippen LogP contribution in [0.4, 0.5) is 0 Å². The SMILES string of the molecule is CNC(=O)CCCCC(S)C(=O)NC(CC(C)C)C(=O)N[C@@H](Cc1ccccc1)C(=O)NC. The number of carbonyl (C=O) groups is 4. The van der Waals surface area contributed by atoms with Crippen LogP contribution in [0.2, 0.25) is 0 Å². The lowest BCUT2D eigenvalue weighted by atomic mass is 10.0. The maximum Gasteiger partial charge on any atom is 0.243 e. The minimum Gasteiger partial charge on any atom is -0.359 e. The Bertz CT molecular complexity index is 773. The fourth-order valence-electron chi connectivity index (χ4n) is 3.36. The van der Waals surface area contributed by atoms with E-state index in [1.54, 1.807) is 7.05 Å². The Balaban J connectivity index is 2.75. The molecule has 33 heavy (non-hydrogen) atoms. The van der Waals surface area contributed by atoms with E-state index in [0.717, 1.165) is 5.56 Å². The summed E-state index contributed by atoms with van der Waals surface area (Å²) in [7, 11) is 3.11. The molecule has 0 aromatic heterocycles. The minimum atomic E-state index is -0.777. The van der Waals surface area contributed by atoms with E-state index in [9.17, 15) is 19.2 Å². The fourth-order valence-corrected chi connectivity index (χ4v) is 3.61. The molecule has 0 aliphatic carbocycles. The third-order valence-electron chi connectivity index (χ3n) is 5.22. The molecule has 0 saturated carbocycles. The van der Waals surface area contributed by atoms with E-state index < -0.39 is 23.2 Å². The molecule has 0 bridgehead atoms. The molecule has 3 atom stereocenters. The molecule has 0 aliphatic rings. The molecular weight excluding hydrogens is 440 g/mol. The second kappa shape index (κ2) is 15.3. The highest BCUT2D eigenvalue weighted by molar-refractivity contribution is 7.81. The average molecular weight is 479 g/mol. The molecule has 0 aliphatic heterocycles. The predicted octanol–water partition coefficient (Wildman–Crippen LogP) is 1.60. The number of unbranched alkanes of at least 4 members (excludes halogenated alkanes) is 1. The van der Waals surface area contributed by atoms with E-state index in [4.69, 9.17) is 0 Å². The van der Waals surface area contributed by atoms with Crippen LogP contribution in [0.5, 0.6) is 0 Å². The Kier molecular flexibility index (Phi) is 13.2. The van der Waals surface area contributed by atoms with Gasteiger partial charge in [-0.2, -0.15) is 12.6 Å². The largest absolute Gasteiger partial charge is 0.359 e. The number of likely N-dealkylation sites (N-methyl/N-ethyl adjacent to an activating group) is 1. The summed E-state index contributed by atoms with van der Waals surface area (Å²) < 4.78 is 0. The maximum absolute atomic E-state index is 13.1. The number of hydrogen-bond acceptors (Lipinski definition) is 5. The Morgan fingerprint density at radius 3 is 2.06 bits per heavy atom. The monoisotopic (exact) mass is 478 g/mol. The van der Waals surface area contributed by atoms with Gasteiger partial charge in [-0.05, 0) is 30.7 Å². The van der Waals surface area contributed by atoms with Crippen LogP contribution in [-0.4, -0.2) is 55.1 Å². The van der Waals surface area contributed by atoms with Crippen molar-refractivity contribution in [2.75, 3.05) is 14.1 Å². The molecule has 0 heterocycles. The number of rotatable bonds is 14. The summed E-state index contributed by atoms with van der Waals surface area (Å²) in [6.45, 7) is 3.92. The molecule has 1 aromatic rings. The van der Waals surface area contributed by atoms with Crippen LogP contribution in [0, 0.1) is 5.92 Å². The summed E-state index contributed by atoms with van der Waals surface area (Å²) >= 11 is 4.38. The van der Waals surface area contributed by atoms with Crippen LogP contribution in [0.25, 0.3) is 0 Å². The maximum atomic E-state index is 13.1. The van der Waals surface area contributed by atoms with Gasteiger partial charge in [-0.15, -0.1) is 0 Å². The van der Waals surface area contributed by atoms with Crippen molar-refractivity contribution in [3.8, 4) is 0 Å². The summed E-state index contributed by atoms with van der Waals surface area (Å²) in [4.78, 5) is 49.4. The number of hydrogen-bond donors (Lipinski definition) is 5. The van der Waals surface area contributed by atoms with Crippen molar-refractivity contribution in [1.82, 2.24) is 21.3 Å². The first-order valence-electron chi connectivity index (χ1n) is 11.4. The van der Waals surface area contributed by atoms with Crippen LogP contribution >= 0.6 is 12.6 Å². The van der Waals surface area contributed by atoms with Crippen molar-refractivity contribution < 1.29 is 19.2 Å². The van der Waals surface area contributed by atoms with Gasteiger partial charge >= 0.3 is 0 Å². The van der Waals surface area contributed by atoms with E-state index in [0.29, 0.717) is 38.5 Å². The first kappa shape index (κ1) is 28.5. The molecular formula is C24H38N4O4S. The molecule has 0 radical (unpaired) electrons. The third kappa shape index (κ3) is 11.2. The van der Waals surface area contributed by atoms with E-state index in [1.165, 1.54) is 7.05 Å². The zero-order valence-electron chi connectivity index (χ0n) is 20.0. The van der Waals surface area contributed by atoms with Gasteiger partial charge in [0.05, 0.1) is 5.25 Å². The van der Waals surface area contributed by atoms with E-state index in [-0.39, 0.29) is 23.6 Å². The van der Waals surface area contributed by atoms with Crippen molar-refractivity contribution in [3.63, 3.8) is 0 Å². The first-order chi connectivity index (χ1) is 15.7. The lowest BCUT2D eigenvalue weighted by Gasteiger charge is -2.25. The number of amides is 4. The van der Waals surface area contributed by atoms with Gasteiger partial charge in [0.15, 0.2) is 0 Å². The molecule has 0 fully saturated rings. The van der Waals surface area contributed by atoms with Crippen LogP contribution in [0.1, 0.15) is 51.5 Å². The summed E-state index contributed by atoms with van der Waals surface area (Å²) in [5, 5.41) is 10.2. The van der Waals surface area contributed by atoms with Gasteiger partial charge < -0.3 is 21.3 Å². The Morgan fingerprint density at radius 2 is 1.48 bits per heavy atom. The molecule has 8 nitrogen and oxygen atoms in total. The zero-order valence-corrected chi connectivity index (χ0v) is 20.9. The molecule has 1 aromatic carbocycles. The lowest BCUT2D eigenvalue weighted by Crippen LogP contribution is -2.55. The Morgan fingerprint density at radius 1 is 0.848 bits per heavy atom. The van der Waals surface area contributed by atoms with Crippen LogP contribution in [0.3, 0.4) is 0 Å². The number of benzene rings is 1. The van der Waals surface area contributed by atoms with Gasteiger partial charge in [0, 0.05) is 26.9 Å². The molecule has 9 heteroatoms. The molecule has 4 amide bonds. The molecule has 4 N–H and O–H groups in total. The van der Waals surface area contributed by atoms with Gasteiger partial charge in [-0.1, -0.05) is 50.6 Å². The van der Waals surface area contributed by atoms with Gasteiger partial charge in [0.25, 0.3) is 0 Å². The van der Waals surface area contributed by atoms with E-state index >= 15 is 0 Å². The van der Waals surface area contributed by atoms with Crippen molar-refractivity contribution in [1.29, 1.82) is 0 Å². The highest BCUT2D eigenvalue weighted by atomic mass is 32.1. The van der Waals surface area contributed by atoms with Crippen LogP contribution in [-0.2, 0) is 25.6 Å². The smallest absolute Gasteiger partial charge is 0.243 e. The van der Waals surface area contributed by atoms with Gasteiger partial charge in [-0.3, -0.25) is 19.2 Å². The zero-order chi connectivity index (χ0) is 24.8. The van der Waals surface area contributed by atoms with Gasteiger partial charge in [0.2, 0.25) is 23.6 Å². The van der Waals surface area contributed by atoms with E-state index in [2.05, 4.69) is 33.9 Å². The quantitative estimate of drug-likeness (QED) is 0.206. The Labute approximate surface area is 202 Å². The molecule has 0 saturated heterocycles. The topological polar surface area (TPSA) is 116 Å². The van der Waals surface area contributed by atoms with E-state index in [1.807, 2.05) is 44.2 Å². The first-order valence-corrected chi connectivity index (χ1v) is 11.9. The van der Waals surface area contributed by atoms with Crippen molar-refractivity contribution in [2.45, 2.75) is 69.7 Å². The normalized spacial score (nSPS) is 13.5. The van der Waals surface area contributed by atoms with Gasteiger partial charge in [-0.25, -0.2) is 0 Å². The molecule has 0 spiro atoms. The highest BCUT2D eigenvalue weighted by Gasteiger charge is 2.28. The van der Waals surface area contributed by atoms with Crippen LogP contribution < -0.4 is 21.3 Å². The average Bonchev–Trinajstić information content (AvgIpc) is 2.80. The Hall–Kier alpha value is -2.55. The minimum absolute atomic E-state index is 0.0370. The second-order valence-corrected chi connectivity index (χ2v) is 9.11.